The first-order valence-corrected chi connectivity index (χ1v) is 11.0. The van der Waals surface area contributed by atoms with E-state index in [-0.39, 0.29) is 22.7 Å². The van der Waals surface area contributed by atoms with Crippen molar-refractivity contribution in [1.29, 1.82) is 0 Å². The number of carbonyl (C=O) groups is 1. The van der Waals surface area contributed by atoms with Crippen LogP contribution in [0.2, 0.25) is 0 Å². The molecule has 3 rings (SSSR count). The fourth-order valence-electron chi connectivity index (χ4n) is 3.46. The third-order valence-corrected chi connectivity index (χ3v) is 7.13. The minimum Gasteiger partial charge on any atom is -0.352 e. The zero-order valence-electron chi connectivity index (χ0n) is 15.9. The van der Waals surface area contributed by atoms with Crippen molar-refractivity contribution in [2.75, 3.05) is 13.1 Å². The highest BCUT2D eigenvalue weighted by atomic mass is 32.2. The molecule has 150 valence electrons. The SMILES string of the molecule is C[C@H]1CCCCN1S(=O)(=O)c1ccc(C(=O)NCCc2ccccc2F)cc1. The molecule has 1 aliphatic heterocycles. The Kier molecular flexibility index (Phi) is 6.46. The summed E-state index contributed by atoms with van der Waals surface area (Å²) in [4.78, 5) is 12.5. The second kappa shape index (κ2) is 8.84. The summed E-state index contributed by atoms with van der Waals surface area (Å²) >= 11 is 0. The van der Waals surface area contributed by atoms with Crippen LogP contribution in [0.5, 0.6) is 0 Å². The van der Waals surface area contributed by atoms with E-state index in [0.717, 1.165) is 19.3 Å². The molecule has 28 heavy (non-hydrogen) atoms. The quantitative estimate of drug-likeness (QED) is 0.803. The summed E-state index contributed by atoms with van der Waals surface area (Å²) in [5.41, 5.74) is 0.916. The molecule has 0 saturated carbocycles. The van der Waals surface area contributed by atoms with Crippen molar-refractivity contribution < 1.29 is 17.6 Å². The van der Waals surface area contributed by atoms with E-state index in [1.165, 1.54) is 30.3 Å². The molecule has 0 unspecified atom stereocenters. The molecule has 1 atom stereocenters. The van der Waals surface area contributed by atoms with E-state index in [2.05, 4.69) is 5.32 Å². The van der Waals surface area contributed by atoms with E-state index < -0.39 is 10.0 Å². The van der Waals surface area contributed by atoms with Gasteiger partial charge in [0.1, 0.15) is 5.82 Å². The van der Waals surface area contributed by atoms with Gasteiger partial charge >= 0.3 is 0 Å². The first kappa shape index (κ1) is 20.5. The van der Waals surface area contributed by atoms with Gasteiger partial charge in [0, 0.05) is 24.7 Å². The van der Waals surface area contributed by atoms with Gasteiger partial charge in [-0.15, -0.1) is 0 Å². The number of benzene rings is 2. The van der Waals surface area contributed by atoms with E-state index in [1.54, 1.807) is 22.5 Å². The van der Waals surface area contributed by atoms with E-state index in [9.17, 15) is 17.6 Å². The lowest BCUT2D eigenvalue weighted by Crippen LogP contribution is -2.41. The Balaban J connectivity index is 1.62. The van der Waals surface area contributed by atoms with Gasteiger partial charge in [0.25, 0.3) is 5.91 Å². The van der Waals surface area contributed by atoms with Crippen molar-refractivity contribution in [3.05, 3.63) is 65.5 Å². The summed E-state index contributed by atoms with van der Waals surface area (Å²) in [6, 6.07) is 12.4. The van der Waals surface area contributed by atoms with Gasteiger partial charge in [0.2, 0.25) is 10.0 Å². The standard InChI is InChI=1S/C21H25FN2O3S/c1-16-6-4-5-15-24(16)28(26,27)19-11-9-18(10-12-19)21(25)23-14-13-17-7-2-3-8-20(17)22/h2-3,7-12,16H,4-6,13-15H2,1H3,(H,23,25)/t16-/m0/s1. The number of halogens is 1. The van der Waals surface area contributed by atoms with Crippen LogP contribution in [-0.4, -0.2) is 37.8 Å². The molecule has 5 nitrogen and oxygen atoms in total. The number of nitrogens with zero attached hydrogens (tertiary/aromatic N) is 1. The summed E-state index contributed by atoms with van der Waals surface area (Å²) in [6.45, 7) is 2.75. The zero-order chi connectivity index (χ0) is 20.1. The van der Waals surface area contributed by atoms with Crippen LogP contribution in [0.3, 0.4) is 0 Å². The van der Waals surface area contributed by atoms with Gasteiger partial charge in [-0.3, -0.25) is 4.79 Å². The number of rotatable bonds is 6. The second-order valence-electron chi connectivity index (χ2n) is 7.08. The van der Waals surface area contributed by atoms with Crippen molar-refractivity contribution in [3.8, 4) is 0 Å². The number of nitrogens with one attached hydrogen (secondary N) is 1. The molecule has 0 radical (unpaired) electrons. The monoisotopic (exact) mass is 404 g/mol. The average Bonchev–Trinajstić information content (AvgIpc) is 2.69. The smallest absolute Gasteiger partial charge is 0.251 e. The molecule has 1 heterocycles. The van der Waals surface area contributed by atoms with Crippen LogP contribution in [0.1, 0.15) is 42.1 Å². The topological polar surface area (TPSA) is 66.5 Å². The third-order valence-electron chi connectivity index (χ3n) is 5.10. The van der Waals surface area contributed by atoms with Crippen molar-refractivity contribution in [1.82, 2.24) is 9.62 Å². The molecular formula is C21H25FN2O3S. The molecular weight excluding hydrogens is 379 g/mol. The maximum absolute atomic E-state index is 13.6. The number of hydrogen-bond donors (Lipinski definition) is 1. The molecule has 7 heteroatoms. The minimum atomic E-state index is -3.55. The van der Waals surface area contributed by atoms with Gasteiger partial charge in [-0.2, -0.15) is 4.31 Å². The molecule has 0 spiro atoms. The molecule has 1 saturated heterocycles. The highest BCUT2D eigenvalue weighted by molar-refractivity contribution is 7.89. The Labute approximate surface area is 165 Å². The summed E-state index contributed by atoms with van der Waals surface area (Å²) in [5.74, 6) is -0.607. The van der Waals surface area contributed by atoms with E-state index in [0.29, 0.717) is 30.6 Å². The zero-order valence-corrected chi connectivity index (χ0v) is 16.7. The maximum Gasteiger partial charge on any atom is 0.251 e. The van der Waals surface area contributed by atoms with Gasteiger partial charge in [0.15, 0.2) is 0 Å². The van der Waals surface area contributed by atoms with Crippen LogP contribution in [0.25, 0.3) is 0 Å². The van der Waals surface area contributed by atoms with Crippen molar-refractivity contribution in [2.24, 2.45) is 0 Å². The van der Waals surface area contributed by atoms with E-state index >= 15 is 0 Å². The number of carbonyl (C=O) groups excluding carboxylic acids is 1. The number of sulfonamides is 1. The third kappa shape index (κ3) is 4.59. The fourth-order valence-corrected chi connectivity index (χ4v) is 5.16. The van der Waals surface area contributed by atoms with Gasteiger partial charge in [-0.05, 0) is 62.1 Å². The Morgan fingerprint density at radius 3 is 2.54 bits per heavy atom. The van der Waals surface area contributed by atoms with Crippen LogP contribution in [0.4, 0.5) is 4.39 Å². The molecule has 2 aromatic rings. The Morgan fingerprint density at radius 1 is 1.14 bits per heavy atom. The first-order valence-electron chi connectivity index (χ1n) is 9.53. The molecule has 2 aromatic carbocycles. The summed E-state index contributed by atoms with van der Waals surface area (Å²) in [5, 5.41) is 2.74. The van der Waals surface area contributed by atoms with Crippen molar-refractivity contribution in [2.45, 2.75) is 43.5 Å². The Bertz CT molecular complexity index is 929. The Morgan fingerprint density at radius 2 is 1.86 bits per heavy atom. The molecule has 1 N–H and O–H groups in total. The van der Waals surface area contributed by atoms with Crippen LogP contribution in [0, 0.1) is 5.82 Å². The number of amides is 1. The molecule has 1 fully saturated rings. The van der Waals surface area contributed by atoms with Gasteiger partial charge in [-0.1, -0.05) is 24.6 Å². The molecule has 0 bridgehead atoms. The van der Waals surface area contributed by atoms with Crippen molar-refractivity contribution >= 4 is 15.9 Å². The van der Waals surface area contributed by atoms with Gasteiger partial charge < -0.3 is 5.32 Å². The lowest BCUT2D eigenvalue weighted by Gasteiger charge is -2.32. The van der Waals surface area contributed by atoms with E-state index in [1.807, 2.05) is 6.92 Å². The lowest BCUT2D eigenvalue weighted by molar-refractivity contribution is 0.0954. The predicted molar refractivity (Wildman–Crippen MR) is 106 cm³/mol. The second-order valence-corrected chi connectivity index (χ2v) is 8.97. The van der Waals surface area contributed by atoms with Crippen LogP contribution in [0.15, 0.2) is 53.4 Å². The fraction of sp³-hybridized carbons (Fsp3) is 0.381. The highest BCUT2D eigenvalue weighted by Gasteiger charge is 2.30. The average molecular weight is 405 g/mol. The highest BCUT2D eigenvalue weighted by Crippen LogP contribution is 2.25. The summed E-state index contributed by atoms with van der Waals surface area (Å²) in [6.07, 6.45) is 3.16. The van der Waals surface area contributed by atoms with Gasteiger partial charge in [-0.25, -0.2) is 12.8 Å². The summed E-state index contributed by atoms with van der Waals surface area (Å²) in [7, 11) is -3.55. The van der Waals surface area contributed by atoms with Crippen LogP contribution >= 0.6 is 0 Å². The van der Waals surface area contributed by atoms with Gasteiger partial charge in [0.05, 0.1) is 4.90 Å². The minimum absolute atomic E-state index is 0.0138. The van der Waals surface area contributed by atoms with Crippen LogP contribution < -0.4 is 5.32 Å². The maximum atomic E-state index is 13.6. The molecule has 0 aromatic heterocycles. The number of piperidine rings is 1. The largest absolute Gasteiger partial charge is 0.352 e. The molecule has 1 amide bonds. The van der Waals surface area contributed by atoms with Crippen LogP contribution in [-0.2, 0) is 16.4 Å². The lowest BCUT2D eigenvalue weighted by atomic mass is 10.1. The molecule has 0 aliphatic carbocycles. The first-order chi connectivity index (χ1) is 13.4. The predicted octanol–water partition coefficient (Wildman–Crippen LogP) is 3.36. The van der Waals surface area contributed by atoms with Crippen molar-refractivity contribution in [3.63, 3.8) is 0 Å². The number of hydrogen-bond acceptors (Lipinski definition) is 3. The summed E-state index contributed by atoms with van der Waals surface area (Å²) < 4.78 is 40.8. The van der Waals surface area contributed by atoms with E-state index in [4.69, 9.17) is 0 Å². The Hall–Kier alpha value is -2.25. The molecule has 1 aliphatic rings. The normalized spacial score (nSPS) is 18.0.